The Morgan fingerprint density at radius 2 is 1.67 bits per heavy atom. The van der Waals surface area contributed by atoms with Crippen molar-refractivity contribution >= 4 is 27.3 Å². The molecular weight excluding hydrogens is 486 g/mol. The average molecular weight is 520 g/mol. The van der Waals surface area contributed by atoms with Gasteiger partial charge < -0.3 is 19.7 Å². The highest BCUT2D eigenvalue weighted by Gasteiger charge is 2.52. The second kappa shape index (κ2) is 12.2. The molecule has 2 amide bonds. The van der Waals surface area contributed by atoms with E-state index >= 15 is 0 Å². The van der Waals surface area contributed by atoms with Crippen LogP contribution in [0.1, 0.15) is 36.0 Å². The Morgan fingerprint density at radius 1 is 1.03 bits per heavy atom. The molecule has 196 valence electrons. The minimum absolute atomic E-state index is 0.0262. The van der Waals surface area contributed by atoms with Crippen LogP contribution in [0.5, 0.6) is 5.75 Å². The van der Waals surface area contributed by atoms with Gasteiger partial charge in [0.1, 0.15) is 5.75 Å². The van der Waals surface area contributed by atoms with Crippen LogP contribution in [0.2, 0.25) is 0 Å². The van der Waals surface area contributed by atoms with Gasteiger partial charge in [0.15, 0.2) is 14.6 Å². The van der Waals surface area contributed by atoms with Gasteiger partial charge in [-0.25, -0.2) is 13.9 Å². The highest BCUT2D eigenvalue weighted by molar-refractivity contribution is 7.93. The number of hydrogen-bond acceptors (Lipinski definition) is 8. The molecule has 0 aromatic heterocycles. The Hall–Kier alpha value is -3.15. The van der Waals surface area contributed by atoms with Crippen LogP contribution in [0, 0.1) is 0 Å². The molecule has 3 rings (SSSR count). The third-order valence-corrected chi connectivity index (χ3v) is 8.75. The first-order chi connectivity index (χ1) is 17.2. The van der Waals surface area contributed by atoms with Crippen LogP contribution in [0.3, 0.4) is 0 Å². The van der Waals surface area contributed by atoms with E-state index in [0.717, 1.165) is 12.1 Å². The van der Waals surface area contributed by atoms with Crippen LogP contribution in [0.25, 0.3) is 0 Å². The summed E-state index contributed by atoms with van der Waals surface area (Å²) >= 11 is 0. The fourth-order valence-corrected chi connectivity index (χ4v) is 5.93. The average Bonchev–Trinajstić information content (AvgIpc) is 2.90. The summed E-state index contributed by atoms with van der Waals surface area (Å²) in [6.07, 6.45) is 1.32. The molecule has 0 bridgehead atoms. The van der Waals surface area contributed by atoms with E-state index < -0.39 is 20.5 Å². The Bertz CT molecular complexity index is 1130. The lowest BCUT2D eigenvalue weighted by Gasteiger charge is -2.34. The fourth-order valence-electron chi connectivity index (χ4n) is 3.99. The molecule has 0 saturated carbocycles. The number of hydrogen-bond donors (Lipinski definition) is 3. The second-order valence-electron chi connectivity index (χ2n) is 8.78. The zero-order valence-corrected chi connectivity index (χ0v) is 21.3. The topological polar surface area (TPSA) is 134 Å². The van der Waals surface area contributed by atoms with Crippen LogP contribution in [-0.4, -0.2) is 70.6 Å². The van der Waals surface area contributed by atoms with Crippen molar-refractivity contribution in [2.24, 2.45) is 0 Å². The summed E-state index contributed by atoms with van der Waals surface area (Å²) in [5, 5.41) is 12.0. The van der Waals surface area contributed by atoms with Crippen molar-refractivity contribution in [1.82, 2.24) is 10.8 Å². The summed E-state index contributed by atoms with van der Waals surface area (Å²) in [4.78, 5) is 26.5. The summed E-state index contributed by atoms with van der Waals surface area (Å²) < 4.78 is 35.6. The molecular formula is C25H33N3O7S. The van der Waals surface area contributed by atoms with Crippen LogP contribution < -0.4 is 20.4 Å². The molecule has 1 fully saturated rings. The SMILES string of the molecule is CN(C)c1ccc(C(=O)NCCCCOc2ccc(S(=O)(=O)C3(C(=O)NO)CCOCC3)cc2)cc1. The maximum Gasteiger partial charge on any atom is 0.265 e. The zero-order valence-electron chi connectivity index (χ0n) is 20.5. The maximum atomic E-state index is 13.3. The third-order valence-electron chi connectivity index (χ3n) is 6.24. The summed E-state index contributed by atoms with van der Waals surface area (Å²) in [6, 6.07) is 13.2. The lowest BCUT2D eigenvalue weighted by molar-refractivity contribution is -0.134. The van der Waals surface area contributed by atoms with Gasteiger partial charge in [-0.05, 0) is 74.2 Å². The number of hydroxylamine groups is 1. The van der Waals surface area contributed by atoms with Crippen molar-refractivity contribution in [3.63, 3.8) is 0 Å². The van der Waals surface area contributed by atoms with E-state index in [2.05, 4.69) is 5.32 Å². The number of amides is 2. The number of carbonyl (C=O) groups excluding carboxylic acids is 2. The molecule has 10 nitrogen and oxygen atoms in total. The van der Waals surface area contributed by atoms with Crippen LogP contribution in [-0.2, 0) is 19.4 Å². The van der Waals surface area contributed by atoms with Gasteiger partial charge >= 0.3 is 0 Å². The van der Waals surface area contributed by atoms with Gasteiger partial charge in [-0.1, -0.05) is 0 Å². The maximum absolute atomic E-state index is 13.3. The molecule has 11 heteroatoms. The standard InChI is InChI=1S/C25H33N3O7S/c1-28(2)20-7-5-19(6-8-20)23(29)26-15-3-4-16-35-21-9-11-22(12-10-21)36(32,33)25(24(30)27-31)13-17-34-18-14-25/h5-12,31H,3-4,13-18H2,1-2H3,(H,26,29)(H,27,30). The number of ether oxygens (including phenoxy) is 2. The molecule has 1 aliphatic heterocycles. The number of carbonyl (C=O) groups is 2. The van der Waals surface area contributed by atoms with Crippen LogP contribution in [0.15, 0.2) is 53.4 Å². The summed E-state index contributed by atoms with van der Waals surface area (Å²) in [7, 11) is -0.193. The van der Waals surface area contributed by atoms with Gasteiger partial charge in [-0.15, -0.1) is 0 Å². The quantitative estimate of drug-likeness (QED) is 0.234. The number of nitrogens with zero attached hydrogens (tertiary/aromatic N) is 1. The molecule has 2 aromatic carbocycles. The van der Waals surface area contributed by atoms with E-state index in [1.807, 2.05) is 31.1 Å². The molecule has 1 heterocycles. The Kier molecular flexibility index (Phi) is 9.30. The first kappa shape index (κ1) is 27.4. The van der Waals surface area contributed by atoms with E-state index in [-0.39, 0.29) is 36.9 Å². The molecule has 0 aliphatic carbocycles. The predicted octanol–water partition coefficient (Wildman–Crippen LogP) is 2.17. The monoisotopic (exact) mass is 519 g/mol. The number of anilines is 1. The van der Waals surface area contributed by atoms with E-state index in [1.54, 1.807) is 12.1 Å². The van der Waals surface area contributed by atoms with Crippen molar-refractivity contribution < 1.29 is 32.7 Å². The molecule has 1 aliphatic rings. The number of sulfone groups is 1. The normalized spacial score (nSPS) is 15.1. The molecule has 36 heavy (non-hydrogen) atoms. The third kappa shape index (κ3) is 6.15. The highest BCUT2D eigenvalue weighted by atomic mass is 32.2. The van der Waals surface area contributed by atoms with Gasteiger partial charge in [-0.2, -0.15) is 0 Å². The van der Waals surface area contributed by atoms with Crippen molar-refractivity contribution in [1.29, 1.82) is 0 Å². The van der Waals surface area contributed by atoms with Crippen LogP contribution >= 0.6 is 0 Å². The van der Waals surface area contributed by atoms with Gasteiger partial charge in [0.25, 0.3) is 11.8 Å². The van der Waals surface area contributed by atoms with E-state index in [9.17, 15) is 18.0 Å². The van der Waals surface area contributed by atoms with Gasteiger partial charge in [-0.3, -0.25) is 14.8 Å². The number of benzene rings is 2. The van der Waals surface area contributed by atoms with Gasteiger partial charge in [0.05, 0.1) is 11.5 Å². The van der Waals surface area contributed by atoms with E-state index in [1.165, 1.54) is 29.7 Å². The van der Waals surface area contributed by atoms with Crippen LogP contribution in [0.4, 0.5) is 5.69 Å². The van der Waals surface area contributed by atoms with Crippen molar-refractivity contribution in [2.75, 3.05) is 45.4 Å². The molecule has 1 saturated heterocycles. The van der Waals surface area contributed by atoms with Gasteiger partial charge in [0, 0.05) is 45.1 Å². The predicted molar refractivity (Wildman–Crippen MR) is 134 cm³/mol. The van der Waals surface area contributed by atoms with Crippen molar-refractivity contribution in [3.8, 4) is 5.75 Å². The molecule has 2 aromatic rings. The Morgan fingerprint density at radius 3 is 2.25 bits per heavy atom. The lowest BCUT2D eigenvalue weighted by Crippen LogP contribution is -2.54. The highest BCUT2D eigenvalue weighted by Crippen LogP contribution is 2.35. The summed E-state index contributed by atoms with van der Waals surface area (Å²) in [5.74, 6) is -0.592. The van der Waals surface area contributed by atoms with Crippen molar-refractivity contribution in [3.05, 3.63) is 54.1 Å². The fraction of sp³-hybridized carbons (Fsp3) is 0.440. The zero-order chi connectivity index (χ0) is 26.2. The number of rotatable bonds is 11. The van der Waals surface area contributed by atoms with E-state index in [0.29, 0.717) is 30.9 Å². The molecule has 0 radical (unpaired) electrons. The Balaban J connectivity index is 1.46. The first-order valence-corrected chi connectivity index (χ1v) is 13.2. The van der Waals surface area contributed by atoms with Gasteiger partial charge in [0.2, 0.25) is 0 Å². The lowest BCUT2D eigenvalue weighted by atomic mass is 9.98. The Labute approximate surface area is 211 Å². The second-order valence-corrected chi connectivity index (χ2v) is 11.0. The van der Waals surface area contributed by atoms with E-state index in [4.69, 9.17) is 14.7 Å². The first-order valence-electron chi connectivity index (χ1n) is 11.8. The number of nitrogens with one attached hydrogen (secondary N) is 2. The number of unbranched alkanes of at least 4 members (excludes halogenated alkanes) is 1. The molecule has 0 unspecified atom stereocenters. The summed E-state index contributed by atoms with van der Waals surface area (Å²) in [6.45, 7) is 1.12. The molecule has 3 N–H and O–H groups in total. The minimum atomic E-state index is -4.07. The summed E-state index contributed by atoms with van der Waals surface area (Å²) in [5.41, 5.74) is 3.13. The smallest absolute Gasteiger partial charge is 0.265 e. The van der Waals surface area contributed by atoms with Crippen molar-refractivity contribution in [2.45, 2.75) is 35.3 Å². The largest absolute Gasteiger partial charge is 0.494 e. The molecule has 0 spiro atoms. The molecule has 0 atom stereocenters. The minimum Gasteiger partial charge on any atom is -0.494 e.